The second kappa shape index (κ2) is 8.16. The predicted octanol–water partition coefficient (Wildman–Crippen LogP) is 6.91. The Morgan fingerprint density at radius 2 is 1.62 bits per heavy atom. The summed E-state index contributed by atoms with van der Waals surface area (Å²) >= 11 is 1.86. The molecule has 0 aliphatic rings. The highest BCUT2D eigenvalue weighted by atomic mass is 32.1. The van der Waals surface area contributed by atoms with Gasteiger partial charge in [-0.25, -0.2) is 0 Å². The summed E-state index contributed by atoms with van der Waals surface area (Å²) in [7, 11) is 0. The molecule has 3 aromatic rings. The lowest BCUT2D eigenvalue weighted by atomic mass is 10.0. The molecule has 1 nitrogen and oxygen atoms in total. The Labute approximate surface area is 148 Å². The Morgan fingerprint density at radius 1 is 0.833 bits per heavy atom. The number of rotatable bonds is 7. The van der Waals surface area contributed by atoms with Gasteiger partial charge < -0.3 is 5.11 Å². The fourth-order valence-corrected chi connectivity index (χ4v) is 4.21. The number of aryl methyl sites for hydroxylation is 1. The van der Waals surface area contributed by atoms with Gasteiger partial charge in [-0.15, -0.1) is 11.3 Å². The molecule has 24 heavy (non-hydrogen) atoms. The van der Waals surface area contributed by atoms with Gasteiger partial charge in [0, 0.05) is 9.75 Å². The Hall–Kier alpha value is -2.06. The SMILES string of the molecule is CCCCCCc1sc(-c2cccc(O)c2)cc1-c1ccccc1. The lowest BCUT2D eigenvalue weighted by Crippen LogP contribution is -1.85. The van der Waals surface area contributed by atoms with Gasteiger partial charge in [0.2, 0.25) is 0 Å². The summed E-state index contributed by atoms with van der Waals surface area (Å²) in [6, 6.07) is 20.5. The van der Waals surface area contributed by atoms with Gasteiger partial charge >= 0.3 is 0 Å². The molecular formula is C22H24OS. The first-order chi connectivity index (χ1) is 11.8. The van der Waals surface area contributed by atoms with Crippen molar-refractivity contribution < 1.29 is 5.11 Å². The topological polar surface area (TPSA) is 20.2 Å². The summed E-state index contributed by atoms with van der Waals surface area (Å²) in [6.45, 7) is 2.25. The van der Waals surface area contributed by atoms with Crippen molar-refractivity contribution in [3.63, 3.8) is 0 Å². The van der Waals surface area contributed by atoms with E-state index in [4.69, 9.17) is 0 Å². The van der Waals surface area contributed by atoms with Crippen LogP contribution < -0.4 is 0 Å². The Kier molecular flexibility index (Phi) is 5.71. The molecule has 0 saturated heterocycles. The summed E-state index contributed by atoms with van der Waals surface area (Å²) in [4.78, 5) is 2.69. The van der Waals surface area contributed by atoms with E-state index in [0.717, 1.165) is 12.0 Å². The van der Waals surface area contributed by atoms with Crippen LogP contribution in [-0.4, -0.2) is 5.11 Å². The maximum absolute atomic E-state index is 9.77. The van der Waals surface area contributed by atoms with E-state index in [2.05, 4.69) is 49.4 Å². The smallest absolute Gasteiger partial charge is 0.116 e. The molecule has 0 bridgehead atoms. The largest absolute Gasteiger partial charge is 0.508 e. The molecule has 0 aliphatic heterocycles. The molecule has 0 saturated carbocycles. The van der Waals surface area contributed by atoms with Crippen LogP contribution in [0.25, 0.3) is 21.6 Å². The maximum atomic E-state index is 9.77. The lowest BCUT2D eigenvalue weighted by molar-refractivity contribution is 0.475. The van der Waals surface area contributed by atoms with Crippen LogP contribution in [0.2, 0.25) is 0 Å². The summed E-state index contributed by atoms with van der Waals surface area (Å²) in [6.07, 6.45) is 6.25. The van der Waals surface area contributed by atoms with Crippen molar-refractivity contribution >= 4 is 11.3 Å². The molecule has 1 N–H and O–H groups in total. The zero-order valence-corrected chi connectivity index (χ0v) is 15.0. The van der Waals surface area contributed by atoms with Gasteiger partial charge in [-0.2, -0.15) is 0 Å². The molecule has 0 fully saturated rings. The molecule has 0 radical (unpaired) electrons. The number of benzene rings is 2. The molecule has 124 valence electrons. The second-order valence-corrected chi connectivity index (χ2v) is 7.31. The van der Waals surface area contributed by atoms with Crippen LogP contribution in [0.4, 0.5) is 0 Å². The molecule has 0 atom stereocenters. The van der Waals surface area contributed by atoms with Crippen LogP contribution in [0, 0.1) is 0 Å². The van der Waals surface area contributed by atoms with Crippen molar-refractivity contribution in [3.05, 3.63) is 65.5 Å². The second-order valence-electron chi connectivity index (χ2n) is 6.17. The first-order valence-corrected chi connectivity index (χ1v) is 9.57. The number of thiophene rings is 1. The highest BCUT2D eigenvalue weighted by Gasteiger charge is 2.12. The Bertz CT molecular complexity index is 774. The van der Waals surface area contributed by atoms with E-state index in [1.807, 2.05) is 23.5 Å². The third kappa shape index (κ3) is 4.07. The molecule has 2 heteroatoms. The number of hydrogen-bond donors (Lipinski definition) is 1. The number of aromatic hydroxyl groups is 1. The molecular weight excluding hydrogens is 312 g/mol. The molecule has 0 amide bonds. The van der Waals surface area contributed by atoms with Crippen molar-refractivity contribution in [3.8, 4) is 27.3 Å². The van der Waals surface area contributed by atoms with Gasteiger partial charge in [0.05, 0.1) is 0 Å². The average Bonchev–Trinajstić information content (AvgIpc) is 3.04. The third-order valence-corrected chi connectivity index (χ3v) is 5.53. The summed E-state index contributed by atoms with van der Waals surface area (Å²) in [5.74, 6) is 0.326. The van der Waals surface area contributed by atoms with Gasteiger partial charge in [0.15, 0.2) is 0 Å². The summed E-state index contributed by atoms with van der Waals surface area (Å²) in [5, 5.41) is 9.77. The van der Waals surface area contributed by atoms with Crippen LogP contribution in [0.5, 0.6) is 5.75 Å². The van der Waals surface area contributed by atoms with Gasteiger partial charge in [-0.1, -0.05) is 68.7 Å². The van der Waals surface area contributed by atoms with E-state index in [0.29, 0.717) is 5.75 Å². The number of phenols is 1. The highest BCUT2D eigenvalue weighted by molar-refractivity contribution is 7.16. The minimum atomic E-state index is 0.326. The molecule has 0 aliphatic carbocycles. The van der Waals surface area contributed by atoms with Gasteiger partial charge in [0.1, 0.15) is 5.75 Å². The standard InChI is InChI=1S/C22H24OS/c1-2-3-4-8-14-21-20(17-10-6-5-7-11-17)16-22(24-21)18-12-9-13-19(23)15-18/h5-7,9-13,15-16,23H,2-4,8,14H2,1H3. The molecule has 1 aromatic heterocycles. The minimum Gasteiger partial charge on any atom is -0.508 e. The Balaban J connectivity index is 1.93. The van der Waals surface area contributed by atoms with E-state index < -0.39 is 0 Å². The van der Waals surface area contributed by atoms with Crippen LogP contribution in [-0.2, 0) is 6.42 Å². The average molecular weight is 337 g/mol. The Morgan fingerprint density at radius 3 is 2.38 bits per heavy atom. The molecule has 0 spiro atoms. The van der Waals surface area contributed by atoms with Gasteiger partial charge in [-0.05, 0) is 47.7 Å². The molecule has 3 rings (SSSR count). The van der Waals surface area contributed by atoms with Crippen LogP contribution in [0.3, 0.4) is 0 Å². The van der Waals surface area contributed by atoms with E-state index >= 15 is 0 Å². The zero-order chi connectivity index (χ0) is 16.8. The van der Waals surface area contributed by atoms with Crippen molar-refractivity contribution in [2.75, 3.05) is 0 Å². The predicted molar refractivity (Wildman–Crippen MR) is 105 cm³/mol. The molecule has 1 heterocycles. The molecule has 0 unspecified atom stereocenters. The lowest BCUT2D eigenvalue weighted by Gasteiger charge is -2.03. The van der Waals surface area contributed by atoms with E-state index in [1.54, 1.807) is 6.07 Å². The van der Waals surface area contributed by atoms with Crippen LogP contribution >= 0.6 is 11.3 Å². The first kappa shape index (κ1) is 16.8. The van der Waals surface area contributed by atoms with Crippen molar-refractivity contribution in [2.24, 2.45) is 0 Å². The number of hydrogen-bond acceptors (Lipinski definition) is 2. The van der Waals surface area contributed by atoms with Crippen molar-refractivity contribution in [1.82, 2.24) is 0 Å². The third-order valence-electron chi connectivity index (χ3n) is 4.28. The quantitative estimate of drug-likeness (QED) is 0.465. The number of unbranched alkanes of at least 4 members (excludes halogenated alkanes) is 3. The summed E-state index contributed by atoms with van der Waals surface area (Å²) in [5.41, 5.74) is 3.72. The zero-order valence-electron chi connectivity index (χ0n) is 14.2. The maximum Gasteiger partial charge on any atom is 0.116 e. The first-order valence-electron chi connectivity index (χ1n) is 8.75. The normalized spacial score (nSPS) is 10.9. The highest BCUT2D eigenvalue weighted by Crippen LogP contribution is 2.38. The van der Waals surface area contributed by atoms with Crippen molar-refractivity contribution in [2.45, 2.75) is 39.0 Å². The van der Waals surface area contributed by atoms with E-state index in [-0.39, 0.29) is 0 Å². The van der Waals surface area contributed by atoms with Gasteiger partial charge in [-0.3, -0.25) is 0 Å². The summed E-state index contributed by atoms with van der Waals surface area (Å²) < 4.78 is 0. The fourth-order valence-electron chi connectivity index (χ4n) is 2.99. The van der Waals surface area contributed by atoms with Gasteiger partial charge in [0.25, 0.3) is 0 Å². The minimum absolute atomic E-state index is 0.326. The van der Waals surface area contributed by atoms with Crippen LogP contribution in [0.15, 0.2) is 60.7 Å². The van der Waals surface area contributed by atoms with Crippen molar-refractivity contribution in [1.29, 1.82) is 0 Å². The monoisotopic (exact) mass is 336 g/mol. The van der Waals surface area contributed by atoms with E-state index in [1.165, 1.54) is 46.6 Å². The van der Waals surface area contributed by atoms with E-state index in [9.17, 15) is 5.11 Å². The molecule has 2 aromatic carbocycles. The number of phenolic OH excluding ortho intramolecular Hbond substituents is 1. The van der Waals surface area contributed by atoms with Crippen LogP contribution in [0.1, 0.15) is 37.5 Å². The fraction of sp³-hybridized carbons (Fsp3) is 0.273.